The molecule has 0 spiro atoms. The molecule has 0 unspecified atom stereocenters. The minimum absolute atomic E-state index is 0.150. The van der Waals surface area contributed by atoms with Crippen molar-refractivity contribution in [1.29, 1.82) is 0 Å². The Hall–Kier alpha value is -4.40. The van der Waals surface area contributed by atoms with E-state index in [0.29, 0.717) is 28.5 Å². The average molecular weight is 447 g/mol. The van der Waals surface area contributed by atoms with Crippen LogP contribution in [0.3, 0.4) is 0 Å². The molecule has 2 aromatic heterocycles. The van der Waals surface area contributed by atoms with Gasteiger partial charge in [-0.15, -0.1) is 10.2 Å². The third-order valence-electron chi connectivity index (χ3n) is 4.75. The maximum absolute atomic E-state index is 12.1. The number of hydrogen-bond donors (Lipinski definition) is 0. The summed E-state index contributed by atoms with van der Waals surface area (Å²) >= 11 is 0. The van der Waals surface area contributed by atoms with E-state index in [1.165, 1.54) is 6.08 Å². The van der Waals surface area contributed by atoms with Crippen molar-refractivity contribution in [3.63, 3.8) is 0 Å². The van der Waals surface area contributed by atoms with Crippen LogP contribution in [-0.4, -0.2) is 35.5 Å². The first-order chi connectivity index (χ1) is 16.1. The van der Waals surface area contributed by atoms with E-state index in [0.717, 1.165) is 11.1 Å². The number of ether oxygens (including phenoxy) is 3. The summed E-state index contributed by atoms with van der Waals surface area (Å²) in [5, 5.41) is 12.1. The molecule has 0 saturated carbocycles. The van der Waals surface area contributed by atoms with E-state index < -0.39 is 5.97 Å². The summed E-state index contributed by atoms with van der Waals surface area (Å²) < 4.78 is 26.7. The van der Waals surface area contributed by atoms with Crippen LogP contribution in [0.4, 0.5) is 0 Å². The number of aryl methyl sites for hydroxylation is 1. The first kappa shape index (κ1) is 21.8. The zero-order chi connectivity index (χ0) is 23.2. The molecule has 0 radical (unpaired) electrons. The van der Waals surface area contributed by atoms with E-state index >= 15 is 0 Å². The molecule has 0 fully saturated rings. The van der Waals surface area contributed by atoms with Crippen molar-refractivity contribution in [3.8, 4) is 34.2 Å². The summed E-state index contributed by atoms with van der Waals surface area (Å²) in [7, 11) is 3.10. The largest absolute Gasteiger partial charge is 0.493 e. The molecule has 0 aliphatic heterocycles. The molecule has 0 aliphatic carbocycles. The van der Waals surface area contributed by atoms with Gasteiger partial charge in [-0.25, -0.2) is 4.79 Å². The number of rotatable bonds is 8. The maximum atomic E-state index is 12.1. The number of methoxy groups -OCH3 is 2. The van der Waals surface area contributed by atoms with Crippen molar-refractivity contribution in [3.05, 3.63) is 71.8 Å². The highest BCUT2D eigenvalue weighted by atomic mass is 16.5. The van der Waals surface area contributed by atoms with Gasteiger partial charge in [-0.3, -0.25) is 0 Å². The summed E-state index contributed by atoms with van der Waals surface area (Å²) in [6.45, 7) is 1.59. The van der Waals surface area contributed by atoms with E-state index in [9.17, 15) is 4.79 Å². The van der Waals surface area contributed by atoms with Crippen molar-refractivity contribution in [1.82, 2.24) is 15.4 Å². The molecule has 0 saturated heterocycles. The summed E-state index contributed by atoms with van der Waals surface area (Å²) in [5.74, 6) is 1.53. The minimum atomic E-state index is -0.560. The molecular formula is C24H21N3O6. The maximum Gasteiger partial charge on any atom is 0.331 e. The summed E-state index contributed by atoms with van der Waals surface area (Å²) in [5.41, 5.74) is 2.80. The molecule has 33 heavy (non-hydrogen) atoms. The molecule has 9 nitrogen and oxygen atoms in total. The third kappa shape index (κ3) is 4.93. The van der Waals surface area contributed by atoms with Gasteiger partial charge in [-0.1, -0.05) is 41.6 Å². The number of benzene rings is 2. The lowest BCUT2D eigenvalue weighted by atomic mass is 10.1. The monoisotopic (exact) mass is 447 g/mol. The third-order valence-corrected chi connectivity index (χ3v) is 4.75. The second kappa shape index (κ2) is 9.82. The molecule has 9 heteroatoms. The molecular weight excluding hydrogens is 426 g/mol. The van der Waals surface area contributed by atoms with Crippen LogP contribution in [0.15, 0.2) is 63.5 Å². The SMILES string of the molecule is COc1ccc(/C=C/C(=O)OCc2nnc(-c3c(-c4ccccc4)noc3C)o2)cc1OC. The van der Waals surface area contributed by atoms with Crippen molar-refractivity contribution >= 4 is 12.0 Å². The van der Waals surface area contributed by atoms with Crippen LogP contribution in [0.2, 0.25) is 0 Å². The highest BCUT2D eigenvalue weighted by Gasteiger charge is 2.22. The van der Waals surface area contributed by atoms with Gasteiger partial charge in [0, 0.05) is 11.6 Å². The molecule has 0 aliphatic rings. The fourth-order valence-corrected chi connectivity index (χ4v) is 3.13. The van der Waals surface area contributed by atoms with Crippen LogP contribution >= 0.6 is 0 Å². The number of esters is 1. The Bertz CT molecular complexity index is 1280. The van der Waals surface area contributed by atoms with Gasteiger partial charge >= 0.3 is 5.97 Å². The molecule has 168 valence electrons. The van der Waals surface area contributed by atoms with Gasteiger partial charge in [0.15, 0.2) is 18.1 Å². The molecule has 0 bridgehead atoms. The number of hydrogen-bond acceptors (Lipinski definition) is 9. The molecule has 4 rings (SSSR count). The number of aromatic nitrogens is 3. The average Bonchev–Trinajstić information content (AvgIpc) is 3.47. The molecule has 2 heterocycles. The van der Waals surface area contributed by atoms with Crippen LogP contribution < -0.4 is 9.47 Å². The molecule has 0 atom stereocenters. The second-order valence-corrected chi connectivity index (χ2v) is 6.88. The summed E-state index contributed by atoms with van der Waals surface area (Å²) in [4.78, 5) is 12.1. The van der Waals surface area contributed by atoms with Gasteiger partial charge < -0.3 is 23.2 Å². The van der Waals surface area contributed by atoms with Crippen LogP contribution in [-0.2, 0) is 16.1 Å². The predicted octanol–water partition coefficient (Wildman–Crippen LogP) is 4.47. The van der Waals surface area contributed by atoms with Crippen molar-refractivity contribution in [2.24, 2.45) is 0 Å². The van der Waals surface area contributed by atoms with E-state index in [1.807, 2.05) is 30.3 Å². The van der Waals surface area contributed by atoms with E-state index in [2.05, 4.69) is 15.4 Å². The first-order valence-corrected chi connectivity index (χ1v) is 10.0. The Morgan fingerprint density at radius 2 is 1.82 bits per heavy atom. The van der Waals surface area contributed by atoms with Crippen molar-refractivity contribution < 1.29 is 27.9 Å². The standard InChI is InChI=1S/C24H21N3O6/c1-15-22(23(27-33-15)17-7-5-4-6-8-17)24-26-25-20(32-24)14-31-21(28)12-10-16-9-11-18(29-2)19(13-16)30-3/h4-13H,14H2,1-3H3/b12-10+. The number of carbonyl (C=O) groups is 1. The zero-order valence-corrected chi connectivity index (χ0v) is 18.3. The van der Waals surface area contributed by atoms with Gasteiger partial charge in [0.1, 0.15) is 17.0 Å². The Morgan fingerprint density at radius 3 is 2.58 bits per heavy atom. The Balaban J connectivity index is 1.42. The van der Waals surface area contributed by atoms with Crippen LogP contribution in [0.1, 0.15) is 17.2 Å². The topological polar surface area (TPSA) is 110 Å². The van der Waals surface area contributed by atoms with Gasteiger partial charge in [0.05, 0.1) is 14.2 Å². The Kier molecular flexibility index (Phi) is 6.49. The smallest absolute Gasteiger partial charge is 0.331 e. The summed E-state index contributed by atoms with van der Waals surface area (Å²) in [6.07, 6.45) is 2.91. The van der Waals surface area contributed by atoms with Crippen molar-refractivity contribution in [2.75, 3.05) is 14.2 Å². The second-order valence-electron chi connectivity index (χ2n) is 6.88. The molecule has 0 amide bonds. The first-order valence-electron chi connectivity index (χ1n) is 10.0. The molecule has 2 aromatic carbocycles. The van der Waals surface area contributed by atoms with Crippen molar-refractivity contribution in [2.45, 2.75) is 13.5 Å². The van der Waals surface area contributed by atoms with Crippen LogP contribution in [0, 0.1) is 6.92 Å². The Labute approximate surface area is 189 Å². The lowest BCUT2D eigenvalue weighted by molar-refractivity contribution is -0.139. The fourth-order valence-electron chi connectivity index (χ4n) is 3.13. The van der Waals surface area contributed by atoms with Gasteiger partial charge in [-0.2, -0.15) is 0 Å². The molecule has 4 aromatic rings. The van der Waals surface area contributed by atoms with E-state index in [4.69, 9.17) is 23.2 Å². The number of carbonyl (C=O) groups excluding carboxylic acids is 1. The lowest BCUT2D eigenvalue weighted by Crippen LogP contribution is -2.01. The zero-order valence-electron chi connectivity index (χ0n) is 18.3. The fraction of sp³-hybridized carbons (Fsp3) is 0.167. The molecule has 0 N–H and O–H groups in total. The normalized spacial score (nSPS) is 11.0. The predicted molar refractivity (Wildman–Crippen MR) is 118 cm³/mol. The van der Waals surface area contributed by atoms with E-state index in [1.54, 1.807) is 45.4 Å². The van der Waals surface area contributed by atoms with Gasteiger partial charge in [-0.05, 0) is 30.7 Å². The summed E-state index contributed by atoms with van der Waals surface area (Å²) in [6, 6.07) is 14.8. The number of nitrogens with zero attached hydrogens (tertiary/aromatic N) is 3. The quantitative estimate of drug-likeness (QED) is 0.285. The van der Waals surface area contributed by atoms with Crippen LogP contribution in [0.5, 0.6) is 11.5 Å². The highest BCUT2D eigenvalue weighted by Crippen LogP contribution is 2.33. The Morgan fingerprint density at radius 1 is 1.03 bits per heavy atom. The lowest BCUT2D eigenvalue weighted by Gasteiger charge is -2.07. The van der Waals surface area contributed by atoms with Crippen LogP contribution in [0.25, 0.3) is 28.8 Å². The highest BCUT2D eigenvalue weighted by molar-refractivity contribution is 5.87. The van der Waals surface area contributed by atoms with E-state index in [-0.39, 0.29) is 18.4 Å². The van der Waals surface area contributed by atoms with Gasteiger partial charge in [0.2, 0.25) is 0 Å². The minimum Gasteiger partial charge on any atom is -0.493 e. The van der Waals surface area contributed by atoms with Gasteiger partial charge in [0.25, 0.3) is 11.8 Å².